The maximum absolute atomic E-state index is 11.6. The summed E-state index contributed by atoms with van der Waals surface area (Å²) in [6, 6.07) is 11.4. The summed E-state index contributed by atoms with van der Waals surface area (Å²) in [5.74, 6) is -0.0875. The van der Waals surface area contributed by atoms with Crippen molar-refractivity contribution < 1.29 is 9.53 Å². The first-order valence-corrected chi connectivity index (χ1v) is 9.63. The molecule has 0 radical (unpaired) electrons. The highest BCUT2D eigenvalue weighted by Crippen LogP contribution is 2.19. The smallest absolute Gasteiger partial charge is 0.320 e. The van der Waals surface area contributed by atoms with Crippen LogP contribution in [0.25, 0.3) is 0 Å². The predicted octanol–water partition coefficient (Wildman–Crippen LogP) is 3.10. The Hall–Kier alpha value is -0.560. The van der Waals surface area contributed by atoms with Gasteiger partial charge in [-0.25, -0.2) is 0 Å². The fourth-order valence-electron chi connectivity index (χ4n) is 3.96. The van der Waals surface area contributed by atoms with Gasteiger partial charge in [-0.05, 0) is 25.3 Å². The lowest BCUT2D eigenvalue weighted by Crippen LogP contribution is -2.53. The average molecular weight is 455 g/mol. The second-order valence-corrected chi connectivity index (χ2v) is 7.11. The number of hydrogen-bond donors (Lipinski definition) is 0. The molecule has 162 valence electrons. The maximum atomic E-state index is 11.6. The van der Waals surface area contributed by atoms with E-state index in [2.05, 4.69) is 45.0 Å². The summed E-state index contributed by atoms with van der Waals surface area (Å²) in [6.07, 6.45) is 2.33. The van der Waals surface area contributed by atoms with Gasteiger partial charge >= 0.3 is 5.97 Å². The van der Waals surface area contributed by atoms with Gasteiger partial charge in [0.25, 0.3) is 0 Å². The molecule has 2 heterocycles. The summed E-state index contributed by atoms with van der Waals surface area (Å²) >= 11 is 0. The molecular weight excluding hydrogens is 421 g/mol. The number of esters is 1. The van der Waals surface area contributed by atoms with E-state index in [0.717, 1.165) is 58.7 Å². The van der Waals surface area contributed by atoms with Crippen molar-refractivity contribution in [2.24, 2.45) is 0 Å². The van der Waals surface area contributed by atoms with Gasteiger partial charge in [-0.3, -0.25) is 19.5 Å². The van der Waals surface area contributed by atoms with E-state index in [9.17, 15) is 4.79 Å². The van der Waals surface area contributed by atoms with E-state index in [1.54, 1.807) is 0 Å². The largest absolute Gasteiger partial charge is 0.465 e. The number of piperazine rings is 1. The van der Waals surface area contributed by atoms with Gasteiger partial charge in [0.05, 0.1) is 13.2 Å². The predicted molar refractivity (Wildman–Crippen MR) is 121 cm³/mol. The molecule has 0 amide bonds. The number of halogens is 3. The van der Waals surface area contributed by atoms with E-state index >= 15 is 0 Å². The van der Waals surface area contributed by atoms with Gasteiger partial charge in [0.2, 0.25) is 0 Å². The molecule has 0 N–H and O–H groups in total. The summed E-state index contributed by atoms with van der Waals surface area (Å²) in [4.78, 5) is 19.1. The maximum Gasteiger partial charge on any atom is 0.320 e. The molecule has 1 aromatic rings. The summed E-state index contributed by atoms with van der Waals surface area (Å²) in [5, 5.41) is 0. The first-order valence-electron chi connectivity index (χ1n) is 9.63. The fourth-order valence-corrected chi connectivity index (χ4v) is 3.96. The number of nitrogens with zero attached hydrogens (tertiary/aromatic N) is 3. The van der Waals surface area contributed by atoms with Crippen LogP contribution in [0.5, 0.6) is 0 Å². The van der Waals surface area contributed by atoms with Gasteiger partial charge in [0, 0.05) is 51.9 Å². The molecule has 2 aliphatic heterocycles. The third-order valence-corrected chi connectivity index (χ3v) is 5.39. The molecule has 2 saturated heterocycles. The first-order chi connectivity index (χ1) is 12.2. The third-order valence-electron chi connectivity index (χ3n) is 5.39. The Morgan fingerprint density at radius 2 is 1.54 bits per heavy atom. The van der Waals surface area contributed by atoms with Crippen LogP contribution in [0.4, 0.5) is 0 Å². The SMILES string of the molecule is CCOC(=O)CN1CCC(N2CCN(Cc3ccccc3)CC2)CC1.Cl.Cl.Cl. The quantitative estimate of drug-likeness (QED) is 0.617. The Bertz CT molecular complexity index is 535. The van der Waals surface area contributed by atoms with Crippen molar-refractivity contribution >= 4 is 43.2 Å². The number of piperidine rings is 1. The van der Waals surface area contributed by atoms with E-state index in [4.69, 9.17) is 4.74 Å². The van der Waals surface area contributed by atoms with E-state index in [1.165, 1.54) is 5.56 Å². The molecule has 0 bridgehead atoms. The molecule has 0 unspecified atom stereocenters. The van der Waals surface area contributed by atoms with Gasteiger partial charge in [-0.2, -0.15) is 0 Å². The Labute approximate surface area is 188 Å². The van der Waals surface area contributed by atoms with Gasteiger partial charge in [0.15, 0.2) is 0 Å². The Kier molecular flexibility index (Phi) is 14.1. The lowest BCUT2D eigenvalue weighted by Gasteiger charge is -2.42. The number of rotatable bonds is 6. The molecular formula is C20H34Cl3N3O2. The second-order valence-electron chi connectivity index (χ2n) is 7.11. The number of hydrogen-bond acceptors (Lipinski definition) is 5. The molecule has 8 heteroatoms. The van der Waals surface area contributed by atoms with E-state index in [0.29, 0.717) is 19.2 Å². The number of likely N-dealkylation sites (tertiary alicyclic amines) is 1. The van der Waals surface area contributed by atoms with Crippen LogP contribution in [0.2, 0.25) is 0 Å². The monoisotopic (exact) mass is 453 g/mol. The normalized spacial score (nSPS) is 19.0. The fraction of sp³-hybridized carbons (Fsp3) is 0.650. The summed E-state index contributed by atoms with van der Waals surface area (Å²) in [7, 11) is 0. The Morgan fingerprint density at radius 1 is 0.929 bits per heavy atom. The summed E-state index contributed by atoms with van der Waals surface area (Å²) in [6.45, 7) is 10.5. The zero-order chi connectivity index (χ0) is 17.5. The molecule has 28 heavy (non-hydrogen) atoms. The topological polar surface area (TPSA) is 36.0 Å². The molecule has 0 aliphatic carbocycles. The van der Waals surface area contributed by atoms with Gasteiger partial charge in [0.1, 0.15) is 0 Å². The van der Waals surface area contributed by atoms with Crippen LogP contribution in [0.3, 0.4) is 0 Å². The molecule has 2 fully saturated rings. The third kappa shape index (κ3) is 8.44. The Balaban J connectivity index is 0.00000243. The van der Waals surface area contributed by atoms with Crippen LogP contribution in [-0.4, -0.2) is 79.1 Å². The molecule has 3 rings (SSSR count). The molecule has 0 saturated carbocycles. The minimum Gasteiger partial charge on any atom is -0.465 e. The minimum atomic E-state index is -0.0875. The van der Waals surface area contributed by atoms with Crippen LogP contribution in [-0.2, 0) is 16.1 Å². The van der Waals surface area contributed by atoms with Crippen LogP contribution < -0.4 is 0 Å². The van der Waals surface area contributed by atoms with Crippen molar-refractivity contribution in [3.05, 3.63) is 35.9 Å². The standard InChI is InChI=1S/C20H31N3O2.3ClH/c1-2-25-20(24)17-21-10-8-19(9-11-21)23-14-12-22(13-15-23)16-18-6-4-3-5-7-18;;;/h3-7,19H,2,8-17H2,1H3;3*1H. The van der Waals surface area contributed by atoms with Gasteiger partial charge in [-0.15, -0.1) is 37.2 Å². The average Bonchev–Trinajstić information content (AvgIpc) is 2.64. The highest BCUT2D eigenvalue weighted by Gasteiger charge is 2.28. The van der Waals surface area contributed by atoms with Crippen molar-refractivity contribution in [1.29, 1.82) is 0 Å². The molecule has 0 spiro atoms. The van der Waals surface area contributed by atoms with Crippen LogP contribution in [0, 0.1) is 0 Å². The van der Waals surface area contributed by atoms with Gasteiger partial charge in [-0.1, -0.05) is 30.3 Å². The highest BCUT2D eigenvalue weighted by molar-refractivity contribution is 5.86. The van der Waals surface area contributed by atoms with Crippen LogP contribution in [0.1, 0.15) is 25.3 Å². The summed E-state index contributed by atoms with van der Waals surface area (Å²) in [5.41, 5.74) is 1.41. The zero-order valence-electron chi connectivity index (χ0n) is 16.6. The van der Waals surface area contributed by atoms with Crippen molar-refractivity contribution in [2.75, 3.05) is 52.4 Å². The molecule has 5 nitrogen and oxygen atoms in total. The molecule has 0 atom stereocenters. The van der Waals surface area contributed by atoms with Crippen LogP contribution >= 0.6 is 37.2 Å². The first kappa shape index (κ1) is 27.4. The number of carbonyl (C=O) groups is 1. The minimum absolute atomic E-state index is 0. The van der Waals surface area contributed by atoms with Crippen molar-refractivity contribution in [3.63, 3.8) is 0 Å². The number of benzene rings is 1. The van der Waals surface area contributed by atoms with Gasteiger partial charge < -0.3 is 4.74 Å². The molecule has 2 aliphatic rings. The second kappa shape index (κ2) is 14.4. The van der Waals surface area contributed by atoms with Crippen molar-refractivity contribution in [3.8, 4) is 0 Å². The zero-order valence-corrected chi connectivity index (χ0v) is 19.1. The lowest BCUT2D eigenvalue weighted by molar-refractivity contribution is -0.144. The van der Waals surface area contributed by atoms with E-state index in [-0.39, 0.29) is 43.2 Å². The van der Waals surface area contributed by atoms with E-state index in [1.807, 2.05) is 6.92 Å². The lowest BCUT2D eigenvalue weighted by atomic mass is 10.0. The Morgan fingerprint density at radius 3 is 2.11 bits per heavy atom. The van der Waals surface area contributed by atoms with Crippen LogP contribution in [0.15, 0.2) is 30.3 Å². The number of carbonyl (C=O) groups excluding carboxylic acids is 1. The summed E-state index contributed by atoms with van der Waals surface area (Å²) < 4.78 is 5.05. The molecule has 1 aromatic carbocycles. The van der Waals surface area contributed by atoms with Crippen molar-refractivity contribution in [2.45, 2.75) is 32.4 Å². The number of ether oxygens (including phenoxy) is 1. The highest BCUT2D eigenvalue weighted by atomic mass is 35.5. The van der Waals surface area contributed by atoms with E-state index < -0.39 is 0 Å². The van der Waals surface area contributed by atoms with Crippen molar-refractivity contribution in [1.82, 2.24) is 14.7 Å². The molecule has 0 aromatic heterocycles.